The van der Waals surface area contributed by atoms with Crippen LogP contribution in [0.3, 0.4) is 0 Å². The van der Waals surface area contributed by atoms with Crippen molar-refractivity contribution >= 4 is 40.3 Å². The van der Waals surface area contributed by atoms with Crippen molar-refractivity contribution in [2.45, 2.75) is 19.9 Å². The van der Waals surface area contributed by atoms with Gasteiger partial charge < -0.3 is 5.11 Å². The van der Waals surface area contributed by atoms with Gasteiger partial charge in [0, 0.05) is 11.6 Å². The van der Waals surface area contributed by atoms with Crippen LogP contribution in [0.25, 0.3) is 11.3 Å². The fraction of sp³-hybridized carbons (Fsp3) is 0.150. The second-order valence-electron chi connectivity index (χ2n) is 6.44. The Bertz CT molecular complexity index is 1110. The maximum Gasteiger partial charge on any atom is 0.336 e. The fourth-order valence-corrected chi connectivity index (χ4v) is 3.77. The molecule has 0 fully saturated rings. The summed E-state index contributed by atoms with van der Waals surface area (Å²) in [6.07, 6.45) is 1.22. The monoisotopic (exact) mass is 453 g/mol. The molecule has 2 aromatic carbocycles. The number of aromatic carboxylic acids is 1. The van der Waals surface area contributed by atoms with Crippen molar-refractivity contribution in [1.29, 1.82) is 0 Å². The van der Waals surface area contributed by atoms with Crippen LogP contribution in [0.4, 0.5) is 18.3 Å². The molecular weight excluding hydrogens is 439 g/mol. The van der Waals surface area contributed by atoms with Gasteiger partial charge in [0.2, 0.25) is 10.3 Å². The molecule has 0 saturated heterocycles. The molecular formula is C20H15ClF3N3O2S. The standard InChI is InChI=1S/C20H15ClF3N3O2S/c1-10(2)27(25-9-11-6-7-12(22)8-13(11)19(28)29)20-26-17(18(24)30-20)16-14(21)4-3-5-15(16)23/h3-10H,1-2H3,(H,28,29)/b25-9+. The van der Waals surface area contributed by atoms with E-state index in [4.69, 9.17) is 11.6 Å². The zero-order valence-electron chi connectivity index (χ0n) is 15.7. The topological polar surface area (TPSA) is 65.8 Å². The van der Waals surface area contributed by atoms with Crippen LogP contribution in [0.1, 0.15) is 29.8 Å². The van der Waals surface area contributed by atoms with Gasteiger partial charge in [-0.15, -0.1) is 0 Å². The third-order valence-corrected chi connectivity index (χ3v) is 5.17. The smallest absolute Gasteiger partial charge is 0.336 e. The first-order valence-corrected chi connectivity index (χ1v) is 9.85. The molecule has 5 nitrogen and oxygen atoms in total. The highest BCUT2D eigenvalue weighted by atomic mass is 35.5. The average Bonchev–Trinajstić information content (AvgIpc) is 3.03. The second-order valence-corrected chi connectivity index (χ2v) is 7.77. The van der Waals surface area contributed by atoms with Crippen LogP contribution < -0.4 is 5.01 Å². The van der Waals surface area contributed by atoms with E-state index in [1.165, 1.54) is 29.4 Å². The van der Waals surface area contributed by atoms with Crippen LogP contribution in [0.2, 0.25) is 5.02 Å². The molecule has 30 heavy (non-hydrogen) atoms. The third kappa shape index (κ3) is 4.47. The number of anilines is 1. The summed E-state index contributed by atoms with van der Waals surface area (Å²) in [5, 5.41) is 14.2. The van der Waals surface area contributed by atoms with Crippen molar-refractivity contribution in [3.63, 3.8) is 0 Å². The predicted octanol–water partition coefficient (Wildman–Crippen LogP) is 5.83. The molecule has 1 N–H and O–H groups in total. The molecule has 0 radical (unpaired) electrons. The zero-order valence-corrected chi connectivity index (χ0v) is 17.3. The van der Waals surface area contributed by atoms with E-state index in [9.17, 15) is 23.1 Å². The van der Waals surface area contributed by atoms with E-state index >= 15 is 0 Å². The summed E-state index contributed by atoms with van der Waals surface area (Å²) in [4.78, 5) is 15.5. The molecule has 0 spiro atoms. The van der Waals surface area contributed by atoms with Crippen LogP contribution in [-0.2, 0) is 0 Å². The van der Waals surface area contributed by atoms with Gasteiger partial charge in [0.05, 0.1) is 22.4 Å². The van der Waals surface area contributed by atoms with Crippen molar-refractivity contribution in [1.82, 2.24) is 4.98 Å². The molecule has 1 heterocycles. The van der Waals surface area contributed by atoms with Gasteiger partial charge in [-0.2, -0.15) is 9.49 Å². The lowest BCUT2D eigenvalue weighted by Gasteiger charge is -2.20. The van der Waals surface area contributed by atoms with E-state index in [0.717, 1.165) is 18.2 Å². The number of hydrogen-bond acceptors (Lipinski definition) is 5. The molecule has 10 heteroatoms. The minimum Gasteiger partial charge on any atom is -0.478 e. The van der Waals surface area contributed by atoms with Crippen LogP contribution in [0.15, 0.2) is 41.5 Å². The highest BCUT2D eigenvalue weighted by molar-refractivity contribution is 7.14. The van der Waals surface area contributed by atoms with Gasteiger partial charge in [0.15, 0.2) is 0 Å². The number of carboxylic acids is 1. The van der Waals surface area contributed by atoms with Gasteiger partial charge in [0.25, 0.3) is 0 Å². The maximum absolute atomic E-state index is 14.6. The summed E-state index contributed by atoms with van der Waals surface area (Å²) in [5.74, 6) is -2.72. The summed E-state index contributed by atoms with van der Waals surface area (Å²) in [7, 11) is 0. The van der Waals surface area contributed by atoms with Gasteiger partial charge >= 0.3 is 5.97 Å². The van der Waals surface area contributed by atoms with E-state index in [-0.39, 0.29) is 38.6 Å². The molecule has 0 aliphatic heterocycles. The van der Waals surface area contributed by atoms with E-state index in [0.29, 0.717) is 11.3 Å². The Morgan fingerprint density at radius 3 is 2.63 bits per heavy atom. The summed E-state index contributed by atoms with van der Waals surface area (Å²) < 4.78 is 42.1. The number of hydrogen-bond donors (Lipinski definition) is 1. The molecule has 0 aliphatic rings. The number of thiazole rings is 1. The number of benzene rings is 2. The molecule has 0 atom stereocenters. The van der Waals surface area contributed by atoms with Crippen molar-refractivity contribution < 1.29 is 23.1 Å². The molecule has 3 rings (SSSR count). The van der Waals surface area contributed by atoms with Crippen molar-refractivity contribution in [2.75, 3.05) is 5.01 Å². The summed E-state index contributed by atoms with van der Waals surface area (Å²) in [6.45, 7) is 3.52. The fourth-order valence-electron chi connectivity index (χ4n) is 2.62. The van der Waals surface area contributed by atoms with Crippen LogP contribution in [0.5, 0.6) is 0 Å². The average molecular weight is 454 g/mol. The summed E-state index contributed by atoms with van der Waals surface area (Å²) in [5.41, 5.74) is -0.513. The summed E-state index contributed by atoms with van der Waals surface area (Å²) in [6, 6.07) is 6.94. The lowest BCUT2D eigenvalue weighted by atomic mass is 10.1. The van der Waals surface area contributed by atoms with Crippen LogP contribution in [0, 0.1) is 16.8 Å². The minimum absolute atomic E-state index is 0.0164. The first kappa shape index (κ1) is 21.8. The predicted molar refractivity (Wildman–Crippen MR) is 111 cm³/mol. The number of carbonyl (C=O) groups is 1. The number of carboxylic acid groups (broad SMARTS) is 1. The quantitative estimate of drug-likeness (QED) is 0.377. The van der Waals surface area contributed by atoms with Crippen molar-refractivity contribution in [3.8, 4) is 11.3 Å². The van der Waals surface area contributed by atoms with Crippen LogP contribution in [-0.4, -0.2) is 28.3 Å². The molecule has 1 aromatic heterocycles. The minimum atomic E-state index is -1.32. The van der Waals surface area contributed by atoms with Gasteiger partial charge in [-0.3, -0.25) is 0 Å². The lowest BCUT2D eigenvalue weighted by molar-refractivity contribution is 0.0696. The number of aromatic nitrogens is 1. The van der Waals surface area contributed by atoms with E-state index in [1.54, 1.807) is 13.8 Å². The first-order chi connectivity index (χ1) is 14.2. The maximum atomic E-state index is 14.6. The Balaban J connectivity index is 2.01. The first-order valence-electron chi connectivity index (χ1n) is 8.65. The molecule has 0 unspecified atom stereocenters. The second kappa shape index (κ2) is 8.85. The Morgan fingerprint density at radius 2 is 2.00 bits per heavy atom. The lowest BCUT2D eigenvalue weighted by Crippen LogP contribution is -2.25. The number of rotatable bonds is 6. The van der Waals surface area contributed by atoms with E-state index in [2.05, 4.69) is 10.1 Å². The Labute approximate surface area is 179 Å². The van der Waals surface area contributed by atoms with E-state index in [1.807, 2.05) is 0 Å². The highest BCUT2D eigenvalue weighted by Gasteiger charge is 2.23. The van der Waals surface area contributed by atoms with Gasteiger partial charge in [-0.1, -0.05) is 29.0 Å². The van der Waals surface area contributed by atoms with Crippen molar-refractivity contribution in [2.24, 2.45) is 5.10 Å². The van der Waals surface area contributed by atoms with Crippen LogP contribution >= 0.6 is 22.9 Å². The SMILES string of the molecule is CC(C)N(/N=C/c1ccc(F)cc1C(=O)O)c1nc(-c2c(F)cccc2Cl)c(F)s1. The Morgan fingerprint density at radius 1 is 1.27 bits per heavy atom. The van der Waals surface area contributed by atoms with Gasteiger partial charge in [0.1, 0.15) is 17.3 Å². The number of nitrogens with zero attached hydrogens (tertiary/aromatic N) is 3. The zero-order chi connectivity index (χ0) is 22.0. The molecule has 0 amide bonds. The Kier molecular flexibility index (Phi) is 6.42. The molecule has 156 valence electrons. The largest absolute Gasteiger partial charge is 0.478 e. The third-order valence-electron chi connectivity index (χ3n) is 4.03. The molecule has 3 aromatic rings. The summed E-state index contributed by atoms with van der Waals surface area (Å²) >= 11 is 6.66. The van der Waals surface area contributed by atoms with E-state index < -0.39 is 22.7 Å². The number of halogens is 4. The Hall–Kier alpha value is -2.91. The molecule has 0 aliphatic carbocycles. The van der Waals surface area contributed by atoms with Gasteiger partial charge in [-0.05, 0) is 44.2 Å². The van der Waals surface area contributed by atoms with Gasteiger partial charge in [-0.25, -0.2) is 23.6 Å². The highest BCUT2D eigenvalue weighted by Crippen LogP contribution is 2.37. The van der Waals surface area contributed by atoms with Crippen molar-refractivity contribution in [3.05, 3.63) is 69.3 Å². The number of hydrazone groups is 1. The normalized spacial score (nSPS) is 11.4. The molecule has 0 bridgehead atoms. The molecule has 0 saturated carbocycles.